The van der Waals surface area contributed by atoms with Crippen LogP contribution in [0, 0.1) is 17.7 Å². The van der Waals surface area contributed by atoms with E-state index in [0.29, 0.717) is 49.5 Å². The van der Waals surface area contributed by atoms with Gasteiger partial charge in [0, 0.05) is 25.2 Å². The molecule has 2 aliphatic rings. The van der Waals surface area contributed by atoms with Crippen molar-refractivity contribution < 1.29 is 54.5 Å². The molecule has 1 saturated heterocycles. The van der Waals surface area contributed by atoms with Crippen molar-refractivity contribution in [1.29, 1.82) is 0 Å². The van der Waals surface area contributed by atoms with E-state index >= 15 is 0 Å². The van der Waals surface area contributed by atoms with E-state index in [1.807, 2.05) is 11.8 Å². The van der Waals surface area contributed by atoms with Gasteiger partial charge in [0.25, 0.3) is 0 Å². The Balaban J connectivity index is 1.56. The maximum atomic E-state index is 14.2. The van der Waals surface area contributed by atoms with Crippen LogP contribution in [0.5, 0.6) is 5.75 Å². The zero-order valence-corrected chi connectivity index (χ0v) is 25.7. The van der Waals surface area contributed by atoms with Gasteiger partial charge in [-0.1, -0.05) is 0 Å². The molecule has 1 heterocycles. The highest BCUT2D eigenvalue weighted by atomic mass is 19.4. The summed E-state index contributed by atoms with van der Waals surface area (Å²) in [5.74, 6) is -1.41. The van der Waals surface area contributed by atoms with Crippen molar-refractivity contribution >= 4 is 17.7 Å². The third kappa shape index (κ3) is 8.97. The standard InChI is InChI=1S/C32H37F7N2O5/c1-4-40(17-21-8-6-20(7-9-21)12-28(42)44-5-2)27-11-10-26(46-32(37,38)39)15-23(27)18-41-19(3)29(45-30(41)43)22-13-24(31(34,35)36)16-25(33)14-22/h10-11,13-16,19-21,29H,4-9,12,17-18H2,1-3H3/t19-,20?,21?,29-/m0/s1. The number of anilines is 1. The largest absolute Gasteiger partial charge is 0.573 e. The van der Waals surface area contributed by atoms with Crippen LogP contribution in [-0.4, -0.2) is 49.1 Å². The monoisotopic (exact) mass is 662 g/mol. The van der Waals surface area contributed by atoms with Crippen molar-refractivity contribution in [3.8, 4) is 5.75 Å². The third-order valence-electron chi connectivity index (χ3n) is 8.52. The Kier molecular flexibility index (Phi) is 11.0. The number of ether oxygens (including phenoxy) is 3. The number of benzene rings is 2. The second-order valence-electron chi connectivity index (χ2n) is 11.7. The van der Waals surface area contributed by atoms with E-state index in [0.717, 1.165) is 31.7 Å². The molecule has 254 valence electrons. The van der Waals surface area contributed by atoms with Crippen molar-refractivity contribution in [2.24, 2.45) is 11.8 Å². The van der Waals surface area contributed by atoms with E-state index in [4.69, 9.17) is 9.47 Å². The van der Waals surface area contributed by atoms with Crippen LogP contribution >= 0.6 is 0 Å². The highest BCUT2D eigenvalue weighted by molar-refractivity contribution is 5.72. The third-order valence-corrected chi connectivity index (χ3v) is 8.52. The average molecular weight is 663 g/mol. The number of carbonyl (C=O) groups is 2. The van der Waals surface area contributed by atoms with Crippen LogP contribution < -0.4 is 9.64 Å². The molecule has 0 aromatic heterocycles. The van der Waals surface area contributed by atoms with E-state index in [1.165, 1.54) is 30.0 Å². The van der Waals surface area contributed by atoms with Crippen LogP contribution in [-0.2, 0) is 27.0 Å². The first-order chi connectivity index (χ1) is 21.6. The molecule has 0 N–H and O–H groups in total. The molecule has 7 nitrogen and oxygen atoms in total. The molecule has 2 atom stereocenters. The van der Waals surface area contributed by atoms with Gasteiger partial charge in [-0.15, -0.1) is 13.2 Å². The first kappa shape index (κ1) is 35.1. The average Bonchev–Trinajstić information content (AvgIpc) is 3.24. The molecule has 14 heteroatoms. The molecule has 1 aliphatic carbocycles. The lowest BCUT2D eigenvalue weighted by atomic mass is 9.80. The van der Waals surface area contributed by atoms with Crippen LogP contribution in [0.4, 0.5) is 41.2 Å². The molecule has 0 unspecified atom stereocenters. The maximum Gasteiger partial charge on any atom is 0.573 e. The predicted octanol–water partition coefficient (Wildman–Crippen LogP) is 8.41. The lowest BCUT2D eigenvalue weighted by Crippen LogP contribution is -2.35. The predicted molar refractivity (Wildman–Crippen MR) is 153 cm³/mol. The molecule has 4 rings (SSSR count). The van der Waals surface area contributed by atoms with Gasteiger partial charge >= 0.3 is 24.6 Å². The smallest absolute Gasteiger partial charge is 0.466 e. The van der Waals surface area contributed by atoms with Gasteiger partial charge in [-0.3, -0.25) is 9.69 Å². The number of carbonyl (C=O) groups excluding carboxylic acids is 2. The molecular formula is C32H37F7N2O5. The molecule has 46 heavy (non-hydrogen) atoms. The number of halogens is 7. The van der Waals surface area contributed by atoms with Crippen molar-refractivity contribution in [3.05, 3.63) is 58.9 Å². The SMILES string of the molecule is CCOC(=O)CC1CCC(CN(CC)c2ccc(OC(F)(F)F)cc2CN2C(=O)O[C@H](c3cc(F)cc(C(F)(F)F)c3)[C@@H]2C)CC1. The minimum absolute atomic E-state index is 0.196. The van der Waals surface area contributed by atoms with Gasteiger partial charge in [-0.05, 0) is 106 Å². The Bertz CT molecular complexity index is 1380. The second-order valence-corrected chi connectivity index (χ2v) is 11.7. The summed E-state index contributed by atoms with van der Waals surface area (Å²) in [7, 11) is 0. The van der Waals surface area contributed by atoms with Crippen molar-refractivity contribution in [2.75, 3.05) is 24.6 Å². The summed E-state index contributed by atoms with van der Waals surface area (Å²) in [6.07, 6.45) is -8.25. The van der Waals surface area contributed by atoms with Crippen LogP contribution in [0.15, 0.2) is 36.4 Å². The molecule has 1 amide bonds. The summed E-state index contributed by atoms with van der Waals surface area (Å²) >= 11 is 0. The Labute approximate surface area is 262 Å². The van der Waals surface area contributed by atoms with E-state index in [2.05, 4.69) is 4.74 Å². The summed E-state index contributed by atoms with van der Waals surface area (Å²) in [5.41, 5.74) is -0.575. The first-order valence-corrected chi connectivity index (χ1v) is 15.2. The van der Waals surface area contributed by atoms with E-state index < -0.39 is 47.9 Å². The number of esters is 1. The number of hydrogen-bond acceptors (Lipinski definition) is 6. The molecule has 2 aromatic carbocycles. The fourth-order valence-corrected chi connectivity index (χ4v) is 6.26. The maximum absolute atomic E-state index is 14.2. The summed E-state index contributed by atoms with van der Waals surface area (Å²) in [6.45, 7) is 6.30. The quantitative estimate of drug-likeness (QED) is 0.178. The first-order valence-electron chi connectivity index (χ1n) is 15.2. The molecule has 0 bridgehead atoms. The molecule has 2 fully saturated rings. The number of rotatable bonds is 11. The molecular weight excluding hydrogens is 625 g/mol. The summed E-state index contributed by atoms with van der Waals surface area (Å²) < 4.78 is 108. The zero-order chi connectivity index (χ0) is 33.8. The Morgan fingerprint density at radius 1 is 1.00 bits per heavy atom. The minimum Gasteiger partial charge on any atom is -0.466 e. The van der Waals surface area contributed by atoms with Gasteiger partial charge in [-0.25, -0.2) is 9.18 Å². The molecule has 1 aliphatic heterocycles. The van der Waals surface area contributed by atoms with Gasteiger partial charge in [0.2, 0.25) is 0 Å². The second kappa shape index (κ2) is 14.4. The van der Waals surface area contributed by atoms with Crippen molar-refractivity contribution in [1.82, 2.24) is 4.90 Å². The Morgan fingerprint density at radius 3 is 2.28 bits per heavy atom. The van der Waals surface area contributed by atoms with Gasteiger partial charge in [0.1, 0.15) is 17.7 Å². The lowest BCUT2D eigenvalue weighted by molar-refractivity contribution is -0.274. The highest BCUT2D eigenvalue weighted by Gasteiger charge is 2.42. The number of nitrogens with zero attached hydrogens (tertiary/aromatic N) is 2. The minimum atomic E-state index is -4.97. The summed E-state index contributed by atoms with van der Waals surface area (Å²) in [6, 6.07) is 4.87. The van der Waals surface area contributed by atoms with Gasteiger partial charge in [0.15, 0.2) is 0 Å². The van der Waals surface area contributed by atoms with Gasteiger partial charge < -0.3 is 19.1 Å². The lowest BCUT2D eigenvalue weighted by Gasteiger charge is -2.34. The topological polar surface area (TPSA) is 68.3 Å². The normalized spacial score (nSPS) is 22.0. The van der Waals surface area contributed by atoms with E-state index in [-0.39, 0.29) is 29.9 Å². The number of cyclic esters (lactones) is 1. The van der Waals surface area contributed by atoms with E-state index in [1.54, 1.807) is 6.92 Å². The highest BCUT2D eigenvalue weighted by Crippen LogP contribution is 2.40. The van der Waals surface area contributed by atoms with Crippen LogP contribution in [0.25, 0.3) is 0 Å². The Hall–Kier alpha value is -3.71. The fraction of sp³-hybridized carbons (Fsp3) is 0.562. The molecule has 1 saturated carbocycles. The summed E-state index contributed by atoms with van der Waals surface area (Å²) in [4.78, 5) is 28.1. The van der Waals surface area contributed by atoms with Crippen LogP contribution in [0.2, 0.25) is 0 Å². The number of alkyl halides is 6. The molecule has 2 aromatic rings. The molecule has 0 spiro atoms. The zero-order valence-electron chi connectivity index (χ0n) is 25.7. The van der Waals surface area contributed by atoms with E-state index in [9.17, 15) is 40.3 Å². The number of hydrogen-bond donors (Lipinski definition) is 0. The van der Waals surface area contributed by atoms with Gasteiger partial charge in [-0.2, -0.15) is 13.2 Å². The Morgan fingerprint density at radius 2 is 1.67 bits per heavy atom. The van der Waals surface area contributed by atoms with Crippen LogP contribution in [0.3, 0.4) is 0 Å². The van der Waals surface area contributed by atoms with Crippen molar-refractivity contribution in [2.45, 2.75) is 84.1 Å². The fourth-order valence-electron chi connectivity index (χ4n) is 6.26. The number of amides is 1. The van der Waals surface area contributed by atoms with Crippen molar-refractivity contribution in [3.63, 3.8) is 0 Å². The van der Waals surface area contributed by atoms with Gasteiger partial charge in [0.05, 0.1) is 24.8 Å². The van der Waals surface area contributed by atoms with Crippen LogP contribution in [0.1, 0.15) is 75.7 Å². The summed E-state index contributed by atoms with van der Waals surface area (Å²) in [5, 5.41) is 0. The molecule has 0 radical (unpaired) electrons.